The fourth-order valence-electron chi connectivity index (χ4n) is 8.27. The number of piperidine rings is 2. The van der Waals surface area contributed by atoms with Gasteiger partial charge in [-0.05, 0) is 128 Å². The van der Waals surface area contributed by atoms with Gasteiger partial charge in [-0.25, -0.2) is 4.79 Å². The van der Waals surface area contributed by atoms with Gasteiger partial charge < -0.3 is 29.2 Å². The molecule has 0 saturated carbocycles. The molecule has 0 bridgehead atoms. The molecule has 0 spiro atoms. The van der Waals surface area contributed by atoms with Crippen molar-refractivity contribution in [1.82, 2.24) is 20.0 Å². The Morgan fingerprint density at radius 3 is 1.55 bits per heavy atom. The number of hydrogen-bond donors (Lipinski definition) is 1. The van der Waals surface area contributed by atoms with E-state index in [1.165, 1.54) is 30.9 Å². The molecule has 0 radical (unpaired) electrons. The van der Waals surface area contributed by atoms with Crippen molar-refractivity contribution in [3.63, 3.8) is 0 Å². The van der Waals surface area contributed by atoms with Crippen LogP contribution in [0.25, 0.3) is 0 Å². The first-order valence-corrected chi connectivity index (χ1v) is 20.9. The number of hydrogen-bond acceptors (Lipinski definition) is 9. The van der Waals surface area contributed by atoms with Gasteiger partial charge in [-0.2, -0.15) is 0 Å². The van der Waals surface area contributed by atoms with Gasteiger partial charge in [-0.3, -0.25) is 14.6 Å². The van der Waals surface area contributed by atoms with Gasteiger partial charge in [0.15, 0.2) is 0 Å². The third kappa shape index (κ3) is 15.1. The molecular formula is C43H66Cl2N4O6. The molecule has 2 aromatic carbocycles. The zero-order valence-electron chi connectivity index (χ0n) is 34.2. The summed E-state index contributed by atoms with van der Waals surface area (Å²) in [7, 11) is 3.65. The Bertz CT molecular complexity index is 1430. The number of benzene rings is 2. The molecule has 4 heterocycles. The van der Waals surface area contributed by atoms with Gasteiger partial charge in [0.2, 0.25) is 0 Å². The maximum Gasteiger partial charge on any atom is 0.410 e. The molecule has 12 heteroatoms. The molecule has 308 valence electrons. The highest BCUT2D eigenvalue weighted by atomic mass is 35.5. The van der Waals surface area contributed by atoms with Gasteiger partial charge in [0.05, 0.1) is 18.8 Å². The number of likely N-dealkylation sites (tertiary alicyclic amines) is 3. The number of carbonyl (C=O) groups excluding carboxylic acids is 2. The molecule has 0 unspecified atom stereocenters. The van der Waals surface area contributed by atoms with E-state index >= 15 is 0 Å². The molecule has 2 aromatic rings. The second kappa shape index (κ2) is 22.5. The second-order valence-corrected chi connectivity index (χ2v) is 17.0. The monoisotopic (exact) mass is 804 g/mol. The van der Waals surface area contributed by atoms with Crippen LogP contribution >= 0.6 is 23.2 Å². The maximum absolute atomic E-state index is 12.3. The minimum Gasteiger partial charge on any atom is -0.466 e. The molecule has 1 amide bonds. The summed E-state index contributed by atoms with van der Waals surface area (Å²) >= 11 is 12.0. The van der Waals surface area contributed by atoms with E-state index in [0.29, 0.717) is 36.9 Å². The van der Waals surface area contributed by atoms with Crippen molar-refractivity contribution in [3.8, 4) is 0 Å². The van der Waals surface area contributed by atoms with Crippen LogP contribution in [-0.4, -0.2) is 129 Å². The summed E-state index contributed by atoms with van der Waals surface area (Å²) in [4.78, 5) is 29.3. The van der Waals surface area contributed by atoms with Crippen LogP contribution in [0.1, 0.15) is 84.3 Å². The summed E-state index contributed by atoms with van der Waals surface area (Å²) in [5.74, 6) is -0.211. The van der Waals surface area contributed by atoms with Crippen molar-refractivity contribution in [1.29, 1.82) is 0 Å². The SMILES string of the molecule is CCOC(C)=O.CO[C@H]1C[C@H](Cc2ccc(Cl)cc2)N(C2CCN(C(=O)OC(C)(C)C)CC2)C1.CO[C@H]1C[C@H](Cc2ccc(Cl)cc2)N(C2CCNCC2)C1. The van der Waals surface area contributed by atoms with Gasteiger partial charge in [0.25, 0.3) is 0 Å². The van der Waals surface area contributed by atoms with E-state index in [4.69, 9.17) is 37.4 Å². The number of halogens is 2. The molecule has 4 fully saturated rings. The maximum atomic E-state index is 12.3. The zero-order valence-corrected chi connectivity index (χ0v) is 35.7. The van der Waals surface area contributed by atoms with Gasteiger partial charge in [0.1, 0.15) is 5.60 Å². The Morgan fingerprint density at radius 1 is 0.745 bits per heavy atom. The number of carbonyl (C=O) groups is 2. The highest BCUT2D eigenvalue weighted by Gasteiger charge is 2.39. The number of methoxy groups -OCH3 is 2. The normalized spacial score (nSPS) is 24.1. The number of amides is 1. The molecule has 55 heavy (non-hydrogen) atoms. The molecule has 1 N–H and O–H groups in total. The fraction of sp³-hybridized carbons (Fsp3) is 0.674. The third-order valence-corrected chi connectivity index (χ3v) is 11.5. The first kappa shape index (κ1) is 45.3. The summed E-state index contributed by atoms with van der Waals surface area (Å²) in [5, 5.41) is 5.05. The smallest absolute Gasteiger partial charge is 0.410 e. The van der Waals surface area contributed by atoms with Crippen LogP contribution in [0.5, 0.6) is 0 Å². The number of rotatable bonds is 9. The highest BCUT2D eigenvalue weighted by molar-refractivity contribution is 6.30. The molecule has 0 aromatic heterocycles. The van der Waals surface area contributed by atoms with E-state index in [1.807, 2.05) is 57.0 Å². The van der Waals surface area contributed by atoms with Crippen LogP contribution in [0, 0.1) is 0 Å². The molecule has 0 aliphatic carbocycles. The predicted octanol–water partition coefficient (Wildman–Crippen LogP) is 7.66. The topological polar surface area (TPSA) is 92.8 Å². The van der Waals surface area contributed by atoms with Crippen molar-refractivity contribution in [2.24, 2.45) is 0 Å². The number of nitrogens with one attached hydrogen (secondary N) is 1. The molecule has 4 saturated heterocycles. The molecule has 4 aliphatic rings. The van der Waals surface area contributed by atoms with Crippen LogP contribution in [-0.2, 0) is 36.6 Å². The number of esters is 1. The van der Waals surface area contributed by atoms with Crippen molar-refractivity contribution < 1.29 is 28.5 Å². The summed E-state index contributed by atoms with van der Waals surface area (Å²) in [6.07, 6.45) is 9.23. The average Bonchev–Trinajstić information content (AvgIpc) is 3.77. The summed E-state index contributed by atoms with van der Waals surface area (Å²) in [6.45, 7) is 15.2. The summed E-state index contributed by atoms with van der Waals surface area (Å²) in [5.41, 5.74) is 2.24. The van der Waals surface area contributed by atoms with Crippen molar-refractivity contribution in [2.75, 3.05) is 60.1 Å². The van der Waals surface area contributed by atoms with Gasteiger partial charge in [0, 0.05) is 81.5 Å². The third-order valence-electron chi connectivity index (χ3n) is 11.0. The van der Waals surface area contributed by atoms with Gasteiger partial charge >= 0.3 is 12.1 Å². The Labute approximate surface area is 340 Å². The largest absolute Gasteiger partial charge is 0.466 e. The Hall–Kier alpha value is -2.44. The zero-order chi connectivity index (χ0) is 40.0. The summed E-state index contributed by atoms with van der Waals surface area (Å²) < 4.78 is 21.3. The van der Waals surface area contributed by atoms with Crippen molar-refractivity contribution >= 4 is 35.3 Å². The van der Waals surface area contributed by atoms with Crippen LogP contribution < -0.4 is 5.32 Å². The lowest BCUT2D eigenvalue weighted by Crippen LogP contribution is -2.49. The highest BCUT2D eigenvalue weighted by Crippen LogP contribution is 2.31. The van der Waals surface area contributed by atoms with Gasteiger partial charge in [-0.15, -0.1) is 0 Å². The van der Waals surface area contributed by atoms with E-state index in [1.54, 1.807) is 14.0 Å². The van der Waals surface area contributed by atoms with E-state index in [0.717, 1.165) is 87.8 Å². The van der Waals surface area contributed by atoms with Crippen LogP contribution in [0.15, 0.2) is 48.5 Å². The van der Waals surface area contributed by atoms with E-state index in [-0.39, 0.29) is 18.2 Å². The lowest BCUT2D eigenvalue weighted by atomic mass is 9.99. The molecule has 6 rings (SSSR count). The first-order chi connectivity index (χ1) is 26.3. The quantitative estimate of drug-likeness (QED) is 0.257. The van der Waals surface area contributed by atoms with Crippen molar-refractivity contribution in [3.05, 3.63) is 69.7 Å². The summed E-state index contributed by atoms with van der Waals surface area (Å²) in [6, 6.07) is 18.7. The molecule has 4 aliphatic heterocycles. The van der Waals surface area contributed by atoms with E-state index in [2.05, 4.69) is 44.1 Å². The molecular weight excluding hydrogens is 739 g/mol. The minimum atomic E-state index is -0.446. The number of nitrogens with zero attached hydrogens (tertiary/aromatic N) is 3. The Kier molecular flexibility index (Phi) is 18.5. The molecule has 4 atom stereocenters. The standard InChI is InChI=1S/C22H33ClN2O3.C17H25ClN2O.C4H8O2/c1-22(2,3)28-21(26)24-11-9-18(10-12-24)25-15-20(27-4)14-19(25)13-16-5-7-17(23)8-6-16;1-21-17-11-16(10-13-2-4-14(18)5-3-13)20(12-17)15-6-8-19-9-7-15;1-3-6-4(2)5/h5-8,18-20H,9-15H2,1-4H3;2-5,15-17,19H,6-12H2,1H3;3H2,1-2H3/t19-,20-;16-,17-;/m00./s1. The molecule has 10 nitrogen and oxygen atoms in total. The predicted molar refractivity (Wildman–Crippen MR) is 221 cm³/mol. The van der Waals surface area contributed by atoms with Crippen LogP contribution in [0.2, 0.25) is 10.0 Å². The van der Waals surface area contributed by atoms with Crippen molar-refractivity contribution in [2.45, 2.75) is 128 Å². The average molecular weight is 806 g/mol. The second-order valence-electron chi connectivity index (χ2n) is 16.2. The minimum absolute atomic E-state index is 0.195. The Balaban J connectivity index is 0.000000219. The van der Waals surface area contributed by atoms with E-state index < -0.39 is 5.60 Å². The van der Waals surface area contributed by atoms with Gasteiger partial charge in [-0.1, -0.05) is 47.5 Å². The lowest BCUT2D eigenvalue weighted by molar-refractivity contribution is -0.140. The number of ether oxygens (including phenoxy) is 4. The Morgan fingerprint density at radius 2 is 1.18 bits per heavy atom. The first-order valence-electron chi connectivity index (χ1n) is 20.2. The van der Waals surface area contributed by atoms with E-state index in [9.17, 15) is 9.59 Å². The van der Waals surface area contributed by atoms with Crippen LogP contribution in [0.3, 0.4) is 0 Å². The lowest BCUT2D eigenvalue weighted by Gasteiger charge is -2.39. The van der Waals surface area contributed by atoms with Crippen LogP contribution in [0.4, 0.5) is 4.79 Å². The fourth-order valence-corrected chi connectivity index (χ4v) is 8.52.